The van der Waals surface area contributed by atoms with E-state index in [2.05, 4.69) is 20.7 Å². The van der Waals surface area contributed by atoms with Crippen molar-refractivity contribution < 1.29 is 0 Å². The van der Waals surface area contributed by atoms with Gasteiger partial charge < -0.3 is 10.6 Å². The third kappa shape index (κ3) is 2.39. The number of aromatic nitrogens is 3. The summed E-state index contributed by atoms with van der Waals surface area (Å²) >= 11 is 0. The molecule has 90 valence electrons. The first-order chi connectivity index (χ1) is 8.42. The van der Waals surface area contributed by atoms with E-state index in [1.54, 1.807) is 10.7 Å². The van der Waals surface area contributed by atoms with E-state index in [-0.39, 0.29) is 0 Å². The average molecular weight is 231 g/mol. The third-order valence-corrected chi connectivity index (χ3v) is 3.23. The second-order valence-electron chi connectivity index (χ2n) is 4.54. The largest absolute Gasteiger partial charge is 0.370 e. The molecule has 3 heterocycles. The van der Waals surface area contributed by atoms with Gasteiger partial charge in [-0.25, -0.2) is 9.50 Å². The number of piperidine rings is 1. The van der Waals surface area contributed by atoms with Gasteiger partial charge in [0.25, 0.3) is 0 Å². The number of nitrogens with zero attached hydrogens (tertiary/aromatic N) is 3. The normalized spacial score (nSPS) is 20.6. The van der Waals surface area contributed by atoms with Gasteiger partial charge in [-0.1, -0.05) is 0 Å². The summed E-state index contributed by atoms with van der Waals surface area (Å²) in [5, 5.41) is 11.0. The van der Waals surface area contributed by atoms with E-state index in [1.165, 1.54) is 12.8 Å². The van der Waals surface area contributed by atoms with Crippen LogP contribution in [0.2, 0.25) is 0 Å². The van der Waals surface area contributed by atoms with Gasteiger partial charge in [-0.2, -0.15) is 5.10 Å². The summed E-state index contributed by atoms with van der Waals surface area (Å²) in [6.07, 6.45) is 6.28. The Morgan fingerprint density at radius 1 is 1.47 bits per heavy atom. The van der Waals surface area contributed by atoms with Crippen LogP contribution >= 0.6 is 0 Å². The number of nitrogens with one attached hydrogen (secondary N) is 2. The molecule has 0 bridgehead atoms. The van der Waals surface area contributed by atoms with Gasteiger partial charge in [0.2, 0.25) is 0 Å². The highest BCUT2D eigenvalue weighted by atomic mass is 15.2. The monoisotopic (exact) mass is 231 g/mol. The van der Waals surface area contributed by atoms with E-state index in [4.69, 9.17) is 0 Å². The molecule has 5 nitrogen and oxygen atoms in total. The molecular weight excluding hydrogens is 214 g/mol. The van der Waals surface area contributed by atoms with Gasteiger partial charge >= 0.3 is 0 Å². The maximum atomic E-state index is 4.49. The van der Waals surface area contributed by atoms with Gasteiger partial charge in [-0.15, -0.1) is 0 Å². The van der Waals surface area contributed by atoms with Crippen molar-refractivity contribution in [2.45, 2.75) is 12.8 Å². The van der Waals surface area contributed by atoms with E-state index in [1.807, 2.05) is 18.3 Å². The van der Waals surface area contributed by atoms with Crippen molar-refractivity contribution in [2.24, 2.45) is 5.92 Å². The first kappa shape index (κ1) is 10.5. The van der Waals surface area contributed by atoms with Crippen molar-refractivity contribution in [2.75, 3.05) is 25.0 Å². The highest BCUT2D eigenvalue weighted by Gasteiger charge is 2.12. The molecule has 1 saturated heterocycles. The van der Waals surface area contributed by atoms with Gasteiger partial charge in [0, 0.05) is 18.8 Å². The highest BCUT2D eigenvalue weighted by Crippen LogP contribution is 2.12. The summed E-state index contributed by atoms with van der Waals surface area (Å²) in [7, 11) is 0. The molecule has 2 N–H and O–H groups in total. The van der Waals surface area contributed by atoms with Crippen molar-refractivity contribution >= 4 is 11.5 Å². The summed E-state index contributed by atoms with van der Waals surface area (Å²) in [6.45, 7) is 3.27. The van der Waals surface area contributed by atoms with E-state index in [0.717, 1.165) is 31.1 Å². The second-order valence-corrected chi connectivity index (χ2v) is 4.54. The zero-order valence-corrected chi connectivity index (χ0v) is 9.76. The topological polar surface area (TPSA) is 54.2 Å². The molecule has 17 heavy (non-hydrogen) atoms. The van der Waals surface area contributed by atoms with Gasteiger partial charge in [0.15, 0.2) is 5.65 Å². The molecule has 0 radical (unpaired) electrons. The van der Waals surface area contributed by atoms with Crippen LogP contribution in [0.25, 0.3) is 5.65 Å². The number of anilines is 1. The smallest absolute Gasteiger partial charge is 0.157 e. The van der Waals surface area contributed by atoms with Crippen LogP contribution in [0, 0.1) is 5.92 Å². The van der Waals surface area contributed by atoms with Gasteiger partial charge in [-0.05, 0) is 37.9 Å². The first-order valence-corrected chi connectivity index (χ1v) is 6.17. The average Bonchev–Trinajstić information content (AvgIpc) is 2.85. The molecule has 0 spiro atoms. The molecule has 1 atom stereocenters. The fraction of sp³-hybridized carbons (Fsp3) is 0.500. The summed E-state index contributed by atoms with van der Waals surface area (Å²) in [5.74, 6) is 1.65. The van der Waals surface area contributed by atoms with Crippen LogP contribution in [-0.2, 0) is 0 Å². The molecule has 1 aliphatic rings. The van der Waals surface area contributed by atoms with Gasteiger partial charge in [0.05, 0.1) is 6.20 Å². The molecule has 1 fully saturated rings. The molecule has 5 heteroatoms. The Morgan fingerprint density at radius 3 is 3.35 bits per heavy atom. The van der Waals surface area contributed by atoms with Crippen LogP contribution in [0.3, 0.4) is 0 Å². The Balaban J connectivity index is 1.63. The summed E-state index contributed by atoms with van der Waals surface area (Å²) in [4.78, 5) is 4.49. The first-order valence-electron chi connectivity index (χ1n) is 6.17. The molecule has 3 rings (SSSR count). The number of hydrogen-bond acceptors (Lipinski definition) is 4. The van der Waals surface area contributed by atoms with E-state index in [9.17, 15) is 0 Å². The van der Waals surface area contributed by atoms with Crippen LogP contribution in [-0.4, -0.2) is 34.2 Å². The molecule has 0 saturated carbocycles. The lowest BCUT2D eigenvalue weighted by molar-refractivity contribution is 0.392. The van der Waals surface area contributed by atoms with Crippen molar-refractivity contribution in [1.29, 1.82) is 0 Å². The molecule has 1 unspecified atom stereocenters. The number of hydrogen-bond donors (Lipinski definition) is 2. The molecule has 2 aromatic heterocycles. The fourth-order valence-corrected chi connectivity index (χ4v) is 2.26. The lowest BCUT2D eigenvalue weighted by Gasteiger charge is -2.23. The second kappa shape index (κ2) is 4.71. The summed E-state index contributed by atoms with van der Waals surface area (Å²) in [6, 6.07) is 3.88. The molecule has 0 amide bonds. The predicted octanol–water partition coefficient (Wildman–Crippen LogP) is 1.14. The molecule has 1 aliphatic heterocycles. The Bertz CT molecular complexity index is 486. The molecule has 2 aromatic rings. The lowest BCUT2D eigenvalue weighted by atomic mass is 10.00. The standard InChI is InChI=1S/C12H17N5/c1-2-10(8-13-5-1)9-14-11-4-7-17-12(16-11)3-6-15-17/h3-4,6-7,10,13H,1-2,5,8-9H2,(H,14,16). The minimum absolute atomic E-state index is 0.715. The lowest BCUT2D eigenvalue weighted by Crippen LogP contribution is -2.33. The molecule has 0 aliphatic carbocycles. The van der Waals surface area contributed by atoms with Crippen molar-refractivity contribution in [3.05, 3.63) is 24.5 Å². The molecular formula is C12H17N5. The van der Waals surface area contributed by atoms with Crippen molar-refractivity contribution in [3.8, 4) is 0 Å². The van der Waals surface area contributed by atoms with Crippen molar-refractivity contribution in [1.82, 2.24) is 19.9 Å². The maximum Gasteiger partial charge on any atom is 0.157 e. The van der Waals surface area contributed by atoms with E-state index < -0.39 is 0 Å². The summed E-state index contributed by atoms with van der Waals surface area (Å²) < 4.78 is 1.77. The van der Waals surface area contributed by atoms with Gasteiger partial charge in [0.1, 0.15) is 5.82 Å². The summed E-state index contributed by atoms with van der Waals surface area (Å²) in [5.41, 5.74) is 0.886. The van der Waals surface area contributed by atoms with Crippen molar-refractivity contribution in [3.63, 3.8) is 0 Å². The Hall–Kier alpha value is -1.62. The minimum atomic E-state index is 0.715. The Morgan fingerprint density at radius 2 is 2.47 bits per heavy atom. The quantitative estimate of drug-likeness (QED) is 0.831. The zero-order valence-electron chi connectivity index (χ0n) is 9.76. The highest BCUT2D eigenvalue weighted by molar-refractivity contribution is 5.45. The number of fused-ring (bicyclic) bond motifs is 1. The SMILES string of the molecule is c1cc2nc(NCC3CCCNC3)ccn2n1. The van der Waals surface area contributed by atoms with Crippen LogP contribution in [0.4, 0.5) is 5.82 Å². The molecule has 0 aromatic carbocycles. The predicted molar refractivity (Wildman–Crippen MR) is 67.1 cm³/mol. The van der Waals surface area contributed by atoms with Crippen LogP contribution < -0.4 is 10.6 Å². The van der Waals surface area contributed by atoms with E-state index >= 15 is 0 Å². The van der Waals surface area contributed by atoms with Crippen LogP contribution in [0.15, 0.2) is 24.5 Å². The van der Waals surface area contributed by atoms with Crippen LogP contribution in [0.5, 0.6) is 0 Å². The Labute approximate surface area is 100 Å². The fourth-order valence-electron chi connectivity index (χ4n) is 2.26. The Kier molecular flexibility index (Phi) is 2.92. The zero-order chi connectivity index (χ0) is 11.5. The van der Waals surface area contributed by atoms with Gasteiger partial charge in [-0.3, -0.25) is 0 Å². The minimum Gasteiger partial charge on any atom is -0.370 e. The maximum absolute atomic E-state index is 4.49. The van der Waals surface area contributed by atoms with E-state index in [0.29, 0.717) is 5.92 Å². The van der Waals surface area contributed by atoms with Crippen LogP contribution in [0.1, 0.15) is 12.8 Å². The number of rotatable bonds is 3. The third-order valence-electron chi connectivity index (χ3n) is 3.23.